The first kappa shape index (κ1) is 21.1. The third-order valence-electron chi connectivity index (χ3n) is 5.95. The van der Waals surface area contributed by atoms with E-state index >= 15 is 0 Å². The maximum atomic E-state index is 13.6. The number of hydrogen-bond donors (Lipinski definition) is 1. The highest BCUT2D eigenvalue weighted by Gasteiger charge is 2.23. The first-order chi connectivity index (χ1) is 16.2. The fraction of sp³-hybridized carbons (Fsp3) is 0.320. The molecule has 1 N–H and O–H groups in total. The molecule has 0 amide bonds. The quantitative estimate of drug-likeness (QED) is 0.425. The van der Waals surface area contributed by atoms with Gasteiger partial charge in [-0.2, -0.15) is 4.98 Å². The highest BCUT2D eigenvalue weighted by molar-refractivity contribution is 5.72. The minimum Gasteiger partial charge on any atom is -0.497 e. The Kier molecular flexibility index (Phi) is 5.73. The molecule has 0 radical (unpaired) electrons. The van der Waals surface area contributed by atoms with Gasteiger partial charge in [0.25, 0.3) is 0 Å². The molecule has 1 saturated carbocycles. The summed E-state index contributed by atoms with van der Waals surface area (Å²) < 4.78 is 14.3. The van der Waals surface area contributed by atoms with Crippen molar-refractivity contribution < 1.29 is 9.47 Å². The number of methoxy groups -OCH3 is 2. The molecule has 0 atom stereocenters. The summed E-state index contributed by atoms with van der Waals surface area (Å²) >= 11 is 0. The van der Waals surface area contributed by atoms with Gasteiger partial charge in [-0.05, 0) is 43.0 Å². The van der Waals surface area contributed by atoms with Gasteiger partial charge < -0.3 is 14.8 Å². The number of aryl methyl sites for hydroxylation is 2. The lowest BCUT2D eigenvalue weighted by atomic mass is 10.1. The molecule has 2 aromatic carbocycles. The number of ether oxygens (including phenoxy) is 2. The molecule has 0 saturated heterocycles. The Morgan fingerprint density at radius 1 is 1.06 bits per heavy atom. The van der Waals surface area contributed by atoms with Crippen molar-refractivity contribution in [3.8, 4) is 11.5 Å². The lowest BCUT2D eigenvalue weighted by Crippen LogP contribution is -2.25. The number of nitrogens with zero attached hydrogens (tertiary/aromatic N) is 4. The van der Waals surface area contributed by atoms with Crippen LogP contribution in [-0.2, 0) is 19.5 Å². The van der Waals surface area contributed by atoms with E-state index in [0.29, 0.717) is 42.7 Å². The first-order valence-electron chi connectivity index (χ1n) is 11.1. The molecule has 5 rings (SSSR count). The van der Waals surface area contributed by atoms with Crippen molar-refractivity contribution in [3.05, 3.63) is 76.3 Å². The predicted molar refractivity (Wildman–Crippen MR) is 127 cm³/mol. The summed E-state index contributed by atoms with van der Waals surface area (Å²) in [5.41, 5.74) is 3.25. The smallest absolute Gasteiger partial charge is 0.330 e. The number of hydrogen-bond acceptors (Lipinski definition) is 6. The van der Waals surface area contributed by atoms with E-state index in [0.717, 1.165) is 35.5 Å². The normalized spacial score (nSPS) is 13.3. The Balaban J connectivity index is 1.53. The van der Waals surface area contributed by atoms with Crippen molar-refractivity contribution in [2.24, 2.45) is 0 Å². The Morgan fingerprint density at radius 2 is 1.91 bits per heavy atom. The van der Waals surface area contributed by atoms with E-state index in [9.17, 15) is 4.79 Å². The Hall–Kier alpha value is -3.81. The van der Waals surface area contributed by atoms with Gasteiger partial charge in [0.15, 0.2) is 5.65 Å². The molecular weight excluding hydrogens is 418 g/mol. The van der Waals surface area contributed by atoms with E-state index in [2.05, 4.69) is 10.3 Å². The van der Waals surface area contributed by atoms with Crippen molar-refractivity contribution in [1.82, 2.24) is 19.1 Å². The van der Waals surface area contributed by atoms with E-state index in [4.69, 9.17) is 14.5 Å². The Morgan fingerprint density at radius 3 is 2.70 bits per heavy atom. The highest BCUT2D eigenvalue weighted by Crippen LogP contribution is 2.25. The zero-order chi connectivity index (χ0) is 22.8. The molecule has 0 unspecified atom stereocenters. The SMILES string of the molecule is COc1cccc(CCn2c(=O)n(Cc3ccccc3OC)c3cnc(NC4CC4)nc32)c1. The summed E-state index contributed by atoms with van der Waals surface area (Å²) in [6, 6.07) is 16.1. The van der Waals surface area contributed by atoms with Gasteiger partial charge >= 0.3 is 5.69 Å². The number of anilines is 1. The molecule has 1 fully saturated rings. The molecule has 0 bridgehead atoms. The van der Waals surface area contributed by atoms with Gasteiger partial charge in [0.05, 0.1) is 27.0 Å². The molecule has 4 aromatic rings. The van der Waals surface area contributed by atoms with Gasteiger partial charge in [-0.1, -0.05) is 30.3 Å². The summed E-state index contributed by atoms with van der Waals surface area (Å²) in [5, 5.41) is 3.34. The molecule has 2 heterocycles. The molecule has 33 heavy (non-hydrogen) atoms. The lowest BCUT2D eigenvalue weighted by Gasteiger charge is -2.09. The number of rotatable bonds is 9. The molecule has 1 aliphatic carbocycles. The minimum absolute atomic E-state index is 0.114. The first-order valence-corrected chi connectivity index (χ1v) is 11.1. The Labute approximate surface area is 191 Å². The summed E-state index contributed by atoms with van der Waals surface area (Å²) in [6.07, 6.45) is 4.67. The molecule has 8 nitrogen and oxygen atoms in total. The zero-order valence-electron chi connectivity index (χ0n) is 18.8. The fourth-order valence-corrected chi connectivity index (χ4v) is 4.00. The van der Waals surface area contributed by atoms with Crippen LogP contribution in [0.3, 0.4) is 0 Å². The number of benzene rings is 2. The molecule has 0 aliphatic heterocycles. The molecule has 8 heteroatoms. The molecule has 170 valence electrons. The number of imidazole rings is 1. The van der Waals surface area contributed by atoms with Crippen LogP contribution in [0.25, 0.3) is 11.2 Å². The third-order valence-corrected chi connectivity index (χ3v) is 5.95. The molecule has 1 aliphatic rings. The fourth-order valence-electron chi connectivity index (χ4n) is 4.00. The standard InChI is InChI=1S/C25H27N5O3/c1-32-20-8-5-6-17(14-20)12-13-29-23-21(15-26-24(28-23)27-19-10-11-19)30(25(29)31)16-18-7-3-4-9-22(18)33-2/h3-9,14-15,19H,10-13,16H2,1-2H3,(H,26,27,28). The molecular formula is C25H27N5O3. The van der Waals surface area contributed by atoms with Crippen molar-refractivity contribution in [1.29, 1.82) is 0 Å². The van der Waals surface area contributed by atoms with E-state index in [1.807, 2.05) is 48.5 Å². The number of fused-ring (bicyclic) bond motifs is 1. The predicted octanol–water partition coefficient (Wildman–Crippen LogP) is 3.48. The van der Waals surface area contributed by atoms with Crippen molar-refractivity contribution >= 4 is 17.1 Å². The van der Waals surface area contributed by atoms with Crippen LogP contribution >= 0.6 is 0 Å². The van der Waals surface area contributed by atoms with Crippen LogP contribution in [0.15, 0.2) is 59.5 Å². The van der Waals surface area contributed by atoms with Crippen molar-refractivity contribution in [2.75, 3.05) is 19.5 Å². The van der Waals surface area contributed by atoms with Gasteiger partial charge in [-0.25, -0.2) is 9.78 Å². The van der Waals surface area contributed by atoms with E-state index in [-0.39, 0.29) is 5.69 Å². The number of para-hydroxylation sites is 1. The summed E-state index contributed by atoms with van der Waals surface area (Å²) in [4.78, 5) is 22.8. The van der Waals surface area contributed by atoms with Gasteiger partial charge in [0, 0.05) is 18.2 Å². The number of nitrogens with one attached hydrogen (secondary N) is 1. The Bertz CT molecular complexity index is 1340. The number of aromatic nitrogens is 4. The summed E-state index contributed by atoms with van der Waals surface area (Å²) in [5.74, 6) is 2.11. The largest absolute Gasteiger partial charge is 0.497 e. The van der Waals surface area contributed by atoms with Gasteiger partial charge in [0.1, 0.15) is 17.0 Å². The van der Waals surface area contributed by atoms with Crippen LogP contribution in [0, 0.1) is 0 Å². The van der Waals surface area contributed by atoms with E-state index in [1.54, 1.807) is 29.6 Å². The van der Waals surface area contributed by atoms with Crippen LogP contribution in [0.4, 0.5) is 5.95 Å². The maximum Gasteiger partial charge on any atom is 0.330 e. The highest BCUT2D eigenvalue weighted by atomic mass is 16.5. The zero-order valence-corrected chi connectivity index (χ0v) is 18.8. The van der Waals surface area contributed by atoms with Gasteiger partial charge in [-0.15, -0.1) is 0 Å². The second-order valence-corrected chi connectivity index (χ2v) is 8.25. The third kappa shape index (κ3) is 4.41. The molecule has 2 aromatic heterocycles. The second-order valence-electron chi connectivity index (χ2n) is 8.25. The van der Waals surface area contributed by atoms with Crippen LogP contribution in [0.5, 0.6) is 11.5 Å². The van der Waals surface area contributed by atoms with E-state index < -0.39 is 0 Å². The van der Waals surface area contributed by atoms with Gasteiger partial charge in [0.2, 0.25) is 5.95 Å². The topological polar surface area (TPSA) is 83.2 Å². The second kappa shape index (κ2) is 8.97. The average Bonchev–Trinajstić information content (AvgIpc) is 3.63. The molecule has 0 spiro atoms. The monoisotopic (exact) mass is 445 g/mol. The maximum absolute atomic E-state index is 13.6. The van der Waals surface area contributed by atoms with Crippen LogP contribution < -0.4 is 20.5 Å². The average molecular weight is 446 g/mol. The van der Waals surface area contributed by atoms with Gasteiger partial charge in [-0.3, -0.25) is 9.13 Å². The van der Waals surface area contributed by atoms with E-state index in [1.165, 1.54) is 0 Å². The summed E-state index contributed by atoms with van der Waals surface area (Å²) in [7, 11) is 3.29. The lowest BCUT2D eigenvalue weighted by molar-refractivity contribution is 0.408. The van der Waals surface area contributed by atoms with Crippen LogP contribution in [-0.4, -0.2) is 39.4 Å². The summed E-state index contributed by atoms with van der Waals surface area (Å²) in [6.45, 7) is 0.881. The van der Waals surface area contributed by atoms with Crippen LogP contribution in [0.2, 0.25) is 0 Å². The van der Waals surface area contributed by atoms with Crippen molar-refractivity contribution in [2.45, 2.75) is 38.4 Å². The minimum atomic E-state index is -0.114. The van der Waals surface area contributed by atoms with Crippen molar-refractivity contribution in [3.63, 3.8) is 0 Å². The van der Waals surface area contributed by atoms with Crippen LogP contribution in [0.1, 0.15) is 24.0 Å².